The van der Waals surface area contributed by atoms with E-state index in [1.165, 1.54) is 11.8 Å². The van der Waals surface area contributed by atoms with Crippen LogP contribution in [0.15, 0.2) is 46.0 Å². The highest BCUT2D eigenvalue weighted by Gasteiger charge is 2.17. The molecular formula is C16H17BrN2O2S. The molecule has 1 aromatic heterocycles. The minimum atomic E-state index is -0.0560. The van der Waals surface area contributed by atoms with Crippen molar-refractivity contribution in [2.75, 3.05) is 20.4 Å². The lowest BCUT2D eigenvalue weighted by atomic mass is 10.1. The van der Waals surface area contributed by atoms with E-state index in [-0.39, 0.29) is 5.91 Å². The van der Waals surface area contributed by atoms with Gasteiger partial charge in [0.1, 0.15) is 10.8 Å². The van der Waals surface area contributed by atoms with E-state index >= 15 is 0 Å². The van der Waals surface area contributed by atoms with Crippen molar-refractivity contribution >= 4 is 33.6 Å². The summed E-state index contributed by atoms with van der Waals surface area (Å²) in [5, 5.41) is 0.737. The lowest BCUT2D eigenvalue weighted by molar-refractivity contribution is 0.0780. The van der Waals surface area contributed by atoms with Crippen LogP contribution < -0.4 is 4.74 Å². The highest BCUT2D eigenvalue weighted by molar-refractivity contribution is 9.10. The topological polar surface area (TPSA) is 42.4 Å². The molecule has 0 spiro atoms. The van der Waals surface area contributed by atoms with Crippen LogP contribution in [0.2, 0.25) is 0 Å². The summed E-state index contributed by atoms with van der Waals surface area (Å²) >= 11 is 4.91. The van der Waals surface area contributed by atoms with Crippen molar-refractivity contribution in [3.8, 4) is 5.75 Å². The number of pyridine rings is 1. The monoisotopic (exact) mass is 380 g/mol. The molecule has 2 aromatic rings. The number of hydrogen-bond donors (Lipinski definition) is 0. The van der Waals surface area contributed by atoms with E-state index in [9.17, 15) is 4.79 Å². The summed E-state index contributed by atoms with van der Waals surface area (Å²) in [6.07, 6.45) is 3.61. The van der Waals surface area contributed by atoms with Gasteiger partial charge in [0.15, 0.2) is 0 Å². The summed E-state index contributed by atoms with van der Waals surface area (Å²) in [7, 11) is 3.40. The van der Waals surface area contributed by atoms with Gasteiger partial charge < -0.3 is 9.64 Å². The Labute approximate surface area is 143 Å². The number of aromatic nitrogens is 1. The lowest BCUT2D eigenvalue weighted by Crippen LogP contribution is -2.27. The number of methoxy groups -OCH3 is 1. The Hall–Kier alpha value is -1.53. The second kappa shape index (κ2) is 7.65. The summed E-state index contributed by atoms with van der Waals surface area (Å²) in [5.74, 6) is 0.707. The SMILES string of the molecule is COc1ccc(Br)cc1CN(C)C(=O)c1cccnc1SC. The maximum atomic E-state index is 12.6. The number of carbonyl (C=O) groups is 1. The maximum Gasteiger partial charge on any atom is 0.256 e. The Morgan fingerprint density at radius 1 is 1.41 bits per heavy atom. The van der Waals surface area contributed by atoms with Gasteiger partial charge >= 0.3 is 0 Å². The molecule has 0 atom stereocenters. The maximum absolute atomic E-state index is 12.6. The van der Waals surface area contributed by atoms with E-state index in [0.717, 1.165) is 20.8 Å². The van der Waals surface area contributed by atoms with Gasteiger partial charge in [0.2, 0.25) is 0 Å². The Morgan fingerprint density at radius 2 is 2.18 bits per heavy atom. The van der Waals surface area contributed by atoms with Crippen molar-refractivity contribution in [3.05, 3.63) is 52.1 Å². The fourth-order valence-corrected chi connectivity index (χ4v) is 3.07. The van der Waals surface area contributed by atoms with Gasteiger partial charge in [0, 0.05) is 29.8 Å². The number of thioether (sulfide) groups is 1. The molecule has 0 saturated carbocycles. The largest absolute Gasteiger partial charge is 0.496 e. The number of nitrogens with zero attached hydrogens (tertiary/aromatic N) is 2. The van der Waals surface area contributed by atoms with Crippen molar-refractivity contribution in [3.63, 3.8) is 0 Å². The first-order chi connectivity index (χ1) is 10.6. The lowest BCUT2D eigenvalue weighted by Gasteiger charge is -2.20. The second-order valence-electron chi connectivity index (χ2n) is 4.68. The highest BCUT2D eigenvalue weighted by Crippen LogP contribution is 2.25. The average molecular weight is 381 g/mol. The molecule has 0 aliphatic rings. The van der Waals surface area contributed by atoms with Crippen molar-refractivity contribution in [1.82, 2.24) is 9.88 Å². The second-order valence-corrected chi connectivity index (χ2v) is 6.39. The highest BCUT2D eigenvalue weighted by atomic mass is 79.9. The van der Waals surface area contributed by atoms with E-state index in [1.807, 2.05) is 24.5 Å². The van der Waals surface area contributed by atoms with E-state index in [0.29, 0.717) is 12.1 Å². The Morgan fingerprint density at radius 3 is 2.86 bits per heavy atom. The molecular weight excluding hydrogens is 364 g/mol. The quantitative estimate of drug-likeness (QED) is 0.738. The molecule has 2 rings (SSSR count). The zero-order valence-corrected chi connectivity index (χ0v) is 15.1. The van der Waals surface area contributed by atoms with Crippen LogP contribution in [-0.2, 0) is 6.54 Å². The molecule has 0 aliphatic carbocycles. The number of carbonyl (C=O) groups excluding carboxylic acids is 1. The fraction of sp³-hybridized carbons (Fsp3) is 0.250. The predicted molar refractivity (Wildman–Crippen MR) is 92.5 cm³/mol. The van der Waals surface area contributed by atoms with E-state index in [4.69, 9.17) is 4.74 Å². The van der Waals surface area contributed by atoms with Crippen LogP contribution >= 0.6 is 27.7 Å². The van der Waals surface area contributed by atoms with Gasteiger partial charge in [-0.25, -0.2) is 4.98 Å². The molecule has 1 heterocycles. The molecule has 0 radical (unpaired) electrons. The van der Waals surface area contributed by atoms with Crippen molar-refractivity contribution in [2.45, 2.75) is 11.6 Å². The van der Waals surface area contributed by atoms with Crippen LogP contribution in [0.5, 0.6) is 5.75 Å². The van der Waals surface area contributed by atoms with Crippen molar-refractivity contribution in [2.24, 2.45) is 0 Å². The van der Waals surface area contributed by atoms with Gasteiger partial charge in [-0.15, -0.1) is 11.8 Å². The van der Waals surface area contributed by atoms with Crippen molar-refractivity contribution in [1.29, 1.82) is 0 Å². The van der Waals surface area contributed by atoms with Gasteiger partial charge in [0.25, 0.3) is 5.91 Å². The third-order valence-electron chi connectivity index (χ3n) is 3.19. The summed E-state index contributed by atoms with van der Waals surface area (Å²) in [4.78, 5) is 18.5. The standard InChI is InChI=1S/C16H17BrN2O2S/c1-19(10-11-9-12(17)6-7-14(11)21-2)16(20)13-5-4-8-18-15(13)22-3/h4-9H,10H2,1-3H3. The molecule has 0 saturated heterocycles. The van der Waals surface area contributed by atoms with Gasteiger partial charge in [-0.05, 0) is 36.6 Å². The number of amides is 1. The zero-order chi connectivity index (χ0) is 16.1. The number of rotatable bonds is 5. The summed E-state index contributed by atoms with van der Waals surface area (Å²) in [5.41, 5.74) is 1.56. The van der Waals surface area contributed by atoms with Crippen LogP contribution in [0, 0.1) is 0 Å². The summed E-state index contributed by atoms with van der Waals surface area (Å²) in [6, 6.07) is 9.34. The van der Waals surface area contributed by atoms with Crippen LogP contribution in [0.3, 0.4) is 0 Å². The van der Waals surface area contributed by atoms with E-state index in [2.05, 4.69) is 20.9 Å². The van der Waals surface area contributed by atoms with Crippen molar-refractivity contribution < 1.29 is 9.53 Å². The minimum Gasteiger partial charge on any atom is -0.496 e. The first-order valence-electron chi connectivity index (χ1n) is 6.63. The van der Waals surface area contributed by atoms with Crippen LogP contribution in [0.1, 0.15) is 15.9 Å². The Bertz CT molecular complexity index is 679. The zero-order valence-electron chi connectivity index (χ0n) is 12.7. The summed E-state index contributed by atoms with van der Waals surface area (Å²) in [6.45, 7) is 0.462. The molecule has 0 aliphatic heterocycles. The van der Waals surface area contributed by atoms with Crippen LogP contribution in [0.25, 0.3) is 0 Å². The number of benzene rings is 1. The number of ether oxygens (including phenoxy) is 1. The molecule has 116 valence electrons. The van der Waals surface area contributed by atoms with Crippen LogP contribution in [0.4, 0.5) is 0 Å². The summed E-state index contributed by atoms with van der Waals surface area (Å²) < 4.78 is 6.31. The number of halogens is 1. The van der Waals surface area contributed by atoms with Gasteiger partial charge in [0.05, 0.1) is 12.7 Å². The molecule has 0 N–H and O–H groups in total. The average Bonchev–Trinajstić information content (AvgIpc) is 2.54. The van der Waals surface area contributed by atoms with Gasteiger partial charge in [-0.3, -0.25) is 4.79 Å². The first kappa shape index (κ1) is 16.8. The molecule has 1 amide bonds. The molecule has 4 nitrogen and oxygen atoms in total. The molecule has 1 aromatic carbocycles. The molecule has 0 fully saturated rings. The first-order valence-corrected chi connectivity index (χ1v) is 8.65. The molecule has 0 bridgehead atoms. The number of hydrogen-bond acceptors (Lipinski definition) is 4. The van der Waals surface area contributed by atoms with Gasteiger partial charge in [-0.2, -0.15) is 0 Å². The Kier molecular flexibility index (Phi) is 5.85. The van der Waals surface area contributed by atoms with E-state index < -0.39 is 0 Å². The smallest absolute Gasteiger partial charge is 0.256 e. The third kappa shape index (κ3) is 3.81. The molecule has 0 unspecified atom stereocenters. The Balaban J connectivity index is 2.23. The normalized spacial score (nSPS) is 10.4. The fourth-order valence-electron chi connectivity index (χ4n) is 2.12. The van der Waals surface area contributed by atoms with E-state index in [1.54, 1.807) is 37.4 Å². The van der Waals surface area contributed by atoms with Crippen LogP contribution in [-0.4, -0.2) is 36.2 Å². The predicted octanol–water partition coefficient (Wildman–Crippen LogP) is 3.85. The minimum absolute atomic E-state index is 0.0560. The van der Waals surface area contributed by atoms with Gasteiger partial charge in [-0.1, -0.05) is 15.9 Å². The molecule has 22 heavy (non-hydrogen) atoms. The molecule has 6 heteroatoms. The third-order valence-corrected chi connectivity index (χ3v) is 4.40.